The van der Waals surface area contributed by atoms with Crippen LogP contribution < -0.4 is 16.0 Å². The van der Waals surface area contributed by atoms with E-state index in [4.69, 9.17) is 38.3 Å². The Labute approximate surface area is 437 Å². The fourth-order valence-electron chi connectivity index (χ4n) is 7.95. The number of nitrogens with zero attached hydrogens (tertiary/aromatic N) is 3. The number of carbonyl (C=O) groups excluding carboxylic acids is 7. The molecule has 0 aliphatic carbocycles. The van der Waals surface area contributed by atoms with Crippen LogP contribution in [0.25, 0.3) is 0 Å². The highest BCUT2D eigenvalue weighted by Gasteiger charge is 2.45. The van der Waals surface area contributed by atoms with Crippen LogP contribution in [0.5, 0.6) is 0 Å². The van der Waals surface area contributed by atoms with Crippen LogP contribution in [-0.2, 0) is 83.3 Å². The SMILES string of the molecule is C=CCOC[C@H](NC(=O)OC(C)(C)C)C(=O)N1C[C@H](OC(=O)N2Cc3ccccc3C2)C[C@H]1C(=O)OC.C=CCOC[C@H](NC(=O)OC(C)(C)C)C(=O)O.COC(=O)[C@@H]1C[C@@H](OC(=O)N2Cc3ccccc3C2)CN1. The molecule has 0 aromatic heterocycles. The molecule has 4 heterocycles. The number of amides is 5. The Morgan fingerprint density at radius 1 is 0.667 bits per heavy atom. The Bertz CT molecular complexity index is 2280. The maximum atomic E-state index is 13.5. The summed E-state index contributed by atoms with van der Waals surface area (Å²) in [6.07, 6.45) is 0.0500. The maximum absolute atomic E-state index is 13.5. The third kappa shape index (κ3) is 19.5. The van der Waals surface area contributed by atoms with E-state index in [9.17, 15) is 38.4 Å². The zero-order valence-electron chi connectivity index (χ0n) is 44.0. The van der Waals surface area contributed by atoms with E-state index in [1.54, 1.807) is 51.3 Å². The first-order chi connectivity index (χ1) is 35.4. The number of esters is 2. The van der Waals surface area contributed by atoms with E-state index in [1.807, 2.05) is 48.5 Å². The lowest BCUT2D eigenvalue weighted by Gasteiger charge is -2.28. The van der Waals surface area contributed by atoms with Crippen molar-refractivity contribution in [2.75, 3.05) is 53.7 Å². The summed E-state index contributed by atoms with van der Waals surface area (Å²) in [5.74, 6) is -2.73. The molecule has 0 saturated carbocycles. The standard InChI is InChI=1S/C26H35N3O8.C15H18N2O4.C11H19NO5/c1-6-11-35-16-20(27-24(32)37-26(2,3)4)22(30)29-15-19(12-21(29)23(31)34-5)36-25(33)28-13-17-9-7-8-10-18(17)14-28;1-20-14(18)13-6-12(7-16-13)21-15(19)17-8-10-4-2-3-5-11(10)9-17;1-5-6-16-7-8(9(13)14)12-10(15)17-11(2,3)4/h6-10,19-21H,1,11-16H2,2-5H3,(H,27,32);2-5,12-13,16H,6-9H2,1H3;5,8H,1,6-7H2,2-4H3,(H,12,15)(H,13,14)/t19-,20+,21+;12-,13+;8-/m110/s1. The van der Waals surface area contributed by atoms with E-state index in [-0.39, 0.29) is 63.6 Å². The highest BCUT2D eigenvalue weighted by atomic mass is 16.6. The molecular weight excluding hydrogens is 981 g/mol. The molecule has 6 rings (SSSR count). The summed E-state index contributed by atoms with van der Waals surface area (Å²) in [7, 11) is 2.57. The molecule has 23 heteroatoms. The molecule has 2 fully saturated rings. The normalized spacial score (nSPS) is 19.2. The fourth-order valence-corrected chi connectivity index (χ4v) is 7.95. The highest BCUT2D eigenvalue weighted by Crippen LogP contribution is 2.28. The molecule has 6 atom stereocenters. The Morgan fingerprint density at radius 3 is 1.51 bits per heavy atom. The van der Waals surface area contributed by atoms with Crippen LogP contribution in [0.15, 0.2) is 73.8 Å². The molecule has 0 spiro atoms. The van der Waals surface area contributed by atoms with Gasteiger partial charge in [-0.2, -0.15) is 0 Å². The Hall–Kier alpha value is -7.24. The molecule has 0 radical (unpaired) electrons. The molecule has 75 heavy (non-hydrogen) atoms. The zero-order chi connectivity index (χ0) is 55.5. The smallest absolute Gasteiger partial charge is 0.410 e. The van der Waals surface area contributed by atoms with E-state index >= 15 is 0 Å². The molecular formula is C52H72N6O17. The summed E-state index contributed by atoms with van der Waals surface area (Å²) in [5, 5.41) is 16.6. The van der Waals surface area contributed by atoms with Gasteiger partial charge in [-0.1, -0.05) is 60.7 Å². The van der Waals surface area contributed by atoms with Gasteiger partial charge in [0, 0.05) is 45.6 Å². The number of alkyl carbamates (subject to hydrolysis) is 2. The molecule has 0 bridgehead atoms. The lowest BCUT2D eigenvalue weighted by Crippen LogP contribution is -2.54. The van der Waals surface area contributed by atoms with E-state index in [1.165, 1.54) is 31.3 Å². The van der Waals surface area contributed by atoms with Gasteiger partial charge in [0.15, 0.2) is 6.04 Å². The van der Waals surface area contributed by atoms with E-state index in [0.29, 0.717) is 39.1 Å². The number of likely N-dealkylation sites (tertiary alicyclic amines) is 1. The van der Waals surface area contributed by atoms with Gasteiger partial charge in [0.05, 0.1) is 47.2 Å². The number of fused-ring (bicyclic) bond motifs is 2. The number of hydrogen-bond donors (Lipinski definition) is 4. The van der Waals surface area contributed by atoms with Crippen LogP contribution >= 0.6 is 0 Å². The molecule has 2 aromatic rings. The van der Waals surface area contributed by atoms with Crippen molar-refractivity contribution in [3.63, 3.8) is 0 Å². The summed E-state index contributed by atoms with van der Waals surface area (Å²) in [6, 6.07) is 12.1. The number of nitrogens with one attached hydrogen (secondary N) is 3. The van der Waals surface area contributed by atoms with Gasteiger partial charge in [0.1, 0.15) is 41.5 Å². The number of hydrogen-bond acceptors (Lipinski definition) is 17. The van der Waals surface area contributed by atoms with Crippen molar-refractivity contribution in [2.45, 2.75) is 128 Å². The topological polar surface area (TPSA) is 276 Å². The number of carboxylic acid groups (broad SMARTS) is 1. The molecule has 4 aliphatic rings. The zero-order valence-corrected chi connectivity index (χ0v) is 44.0. The van der Waals surface area contributed by atoms with Gasteiger partial charge >= 0.3 is 42.3 Å². The first-order valence-electron chi connectivity index (χ1n) is 24.3. The second kappa shape index (κ2) is 28.4. The summed E-state index contributed by atoms with van der Waals surface area (Å²) in [6.45, 7) is 19.7. The maximum Gasteiger partial charge on any atom is 0.410 e. The van der Waals surface area contributed by atoms with Crippen LogP contribution in [0.3, 0.4) is 0 Å². The summed E-state index contributed by atoms with van der Waals surface area (Å²) in [4.78, 5) is 102. The number of carboxylic acids is 1. The number of aliphatic carboxylic acids is 1. The van der Waals surface area contributed by atoms with Crippen LogP contribution in [0, 0.1) is 0 Å². The fraction of sp³-hybridized carbons (Fsp3) is 0.538. The third-order valence-electron chi connectivity index (χ3n) is 11.3. The number of carbonyl (C=O) groups is 8. The van der Waals surface area contributed by atoms with Crippen LogP contribution in [0.4, 0.5) is 19.2 Å². The van der Waals surface area contributed by atoms with Gasteiger partial charge in [0.25, 0.3) is 0 Å². The second-order valence-corrected chi connectivity index (χ2v) is 19.6. The monoisotopic (exact) mass is 1050 g/mol. The highest BCUT2D eigenvalue weighted by molar-refractivity contribution is 5.90. The third-order valence-corrected chi connectivity index (χ3v) is 11.3. The van der Waals surface area contributed by atoms with Crippen molar-refractivity contribution in [3.05, 3.63) is 96.1 Å². The summed E-state index contributed by atoms with van der Waals surface area (Å²) in [5.41, 5.74) is 2.96. The van der Waals surface area contributed by atoms with Gasteiger partial charge in [-0.15, -0.1) is 13.2 Å². The van der Waals surface area contributed by atoms with Crippen molar-refractivity contribution in [3.8, 4) is 0 Å². The first-order valence-corrected chi connectivity index (χ1v) is 24.3. The number of ether oxygens (including phenoxy) is 8. The molecule has 23 nitrogen and oxygen atoms in total. The predicted octanol–water partition coefficient (Wildman–Crippen LogP) is 4.59. The largest absolute Gasteiger partial charge is 0.480 e. The van der Waals surface area contributed by atoms with Gasteiger partial charge in [0.2, 0.25) is 5.91 Å². The van der Waals surface area contributed by atoms with Crippen LogP contribution in [0.2, 0.25) is 0 Å². The molecule has 412 valence electrons. The van der Waals surface area contributed by atoms with Gasteiger partial charge in [-0.05, 0) is 63.8 Å². The van der Waals surface area contributed by atoms with Crippen molar-refractivity contribution in [1.29, 1.82) is 0 Å². The van der Waals surface area contributed by atoms with Crippen LogP contribution in [-0.4, -0.2) is 169 Å². The minimum atomic E-state index is -1.18. The Morgan fingerprint density at radius 2 is 1.09 bits per heavy atom. The minimum Gasteiger partial charge on any atom is -0.480 e. The average molecular weight is 1050 g/mol. The summed E-state index contributed by atoms with van der Waals surface area (Å²) < 4.78 is 41.3. The molecule has 5 amide bonds. The Kier molecular flexibility index (Phi) is 22.9. The molecule has 0 unspecified atom stereocenters. The lowest BCUT2D eigenvalue weighted by molar-refractivity contribution is -0.152. The molecule has 2 saturated heterocycles. The second-order valence-electron chi connectivity index (χ2n) is 19.6. The quantitative estimate of drug-likeness (QED) is 0.0775. The van der Waals surface area contributed by atoms with Gasteiger partial charge < -0.3 is 63.9 Å². The van der Waals surface area contributed by atoms with E-state index in [0.717, 1.165) is 22.3 Å². The number of methoxy groups -OCH3 is 2. The lowest BCUT2D eigenvalue weighted by atomic mass is 10.1. The predicted molar refractivity (Wildman–Crippen MR) is 268 cm³/mol. The van der Waals surface area contributed by atoms with Crippen molar-refractivity contribution < 1.29 is 81.4 Å². The van der Waals surface area contributed by atoms with Crippen molar-refractivity contribution in [1.82, 2.24) is 30.7 Å². The van der Waals surface area contributed by atoms with Crippen molar-refractivity contribution >= 4 is 48.2 Å². The molecule has 2 aromatic carbocycles. The minimum absolute atomic E-state index is 0.0426. The Balaban J connectivity index is 0.000000270. The first kappa shape index (κ1) is 60.3. The average Bonchev–Trinajstić information content (AvgIpc) is 4.18. The van der Waals surface area contributed by atoms with E-state index < -0.39 is 71.6 Å². The number of rotatable bonds is 16. The van der Waals surface area contributed by atoms with E-state index in [2.05, 4.69) is 33.8 Å². The van der Waals surface area contributed by atoms with Gasteiger partial charge in [-0.3, -0.25) is 19.4 Å². The number of benzene rings is 2. The van der Waals surface area contributed by atoms with Gasteiger partial charge in [-0.25, -0.2) is 28.8 Å². The molecule has 4 aliphatic heterocycles. The van der Waals surface area contributed by atoms with Crippen LogP contribution in [0.1, 0.15) is 76.6 Å². The summed E-state index contributed by atoms with van der Waals surface area (Å²) >= 11 is 0. The van der Waals surface area contributed by atoms with Crippen molar-refractivity contribution in [2.24, 2.45) is 0 Å². The molecule has 4 N–H and O–H groups in total.